The molecule has 0 unspecified atom stereocenters. The molecule has 0 aliphatic carbocycles. The number of nitriles is 1. The number of azo groups is 1. The quantitative estimate of drug-likeness (QED) is 0.619. The van der Waals surface area contributed by atoms with Gasteiger partial charge in [-0.1, -0.05) is 0 Å². The summed E-state index contributed by atoms with van der Waals surface area (Å²) >= 11 is 0. The van der Waals surface area contributed by atoms with Crippen LogP contribution < -0.4 is 11.5 Å². The summed E-state index contributed by atoms with van der Waals surface area (Å²) in [5.74, 6) is 0. The molecule has 0 fully saturated rings. The van der Waals surface area contributed by atoms with Crippen LogP contribution >= 0.6 is 0 Å². The highest BCUT2D eigenvalue weighted by atomic mass is 15.1. The van der Waals surface area contributed by atoms with E-state index in [1.165, 1.54) is 0 Å². The summed E-state index contributed by atoms with van der Waals surface area (Å²) in [7, 11) is 0. The van der Waals surface area contributed by atoms with Crippen molar-refractivity contribution < 1.29 is 0 Å². The smallest absolute Gasteiger partial charge is 0.104 e. The Morgan fingerprint density at radius 2 is 1.56 bits per heavy atom. The highest BCUT2D eigenvalue weighted by Crippen LogP contribution is 2.24. The summed E-state index contributed by atoms with van der Waals surface area (Å²) in [5.41, 5.74) is 13.9. The van der Waals surface area contributed by atoms with Crippen LogP contribution in [0.25, 0.3) is 0 Å². The maximum atomic E-state index is 8.95. The molecule has 2 rings (SSSR count). The number of nitrogens with two attached hydrogens (primary N) is 2. The first kappa shape index (κ1) is 11.6. The average molecular weight is 237 g/mol. The number of nitrogen functional groups attached to an aromatic ring is 2. The monoisotopic (exact) mass is 237 g/mol. The Bertz CT molecular complexity index is 623. The topological polar surface area (TPSA) is 101 Å². The van der Waals surface area contributed by atoms with Crippen LogP contribution in [0.15, 0.2) is 52.7 Å². The summed E-state index contributed by atoms with van der Waals surface area (Å²) in [6, 6.07) is 13.9. The number of anilines is 2. The van der Waals surface area contributed by atoms with Crippen molar-refractivity contribution in [2.75, 3.05) is 11.5 Å². The van der Waals surface area contributed by atoms with Gasteiger partial charge in [0.05, 0.1) is 11.3 Å². The molecular weight excluding hydrogens is 226 g/mol. The molecule has 0 atom stereocenters. The fourth-order valence-electron chi connectivity index (χ4n) is 1.38. The Morgan fingerprint density at radius 3 is 2.22 bits per heavy atom. The van der Waals surface area contributed by atoms with E-state index in [1.807, 2.05) is 6.07 Å². The van der Waals surface area contributed by atoms with Crippen molar-refractivity contribution in [3.05, 3.63) is 48.0 Å². The van der Waals surface area contributed by atoms with Gasteiger partial charge in [0.15, 0.2) is 0 Å². The molecule has 88 valence electrons. The second kappa shape index (κ2) is 4.97. The number of hydrogen-bond donors (Lipinski definition) is 2. The number of rotatable bonds is 2. The molecule has 5 heteroatoms. The van der Waals surface area contributed by atoms with Gasteiger partial charge in [-0.2, -0.15) is 10.4 Å². The van der Waals surface area contributed by atoms with Gasteiger partial charge < -0.3 is 11.5 Å². The minimum absolute atomic E-state index is 0.397. The van der Waals surface area contributed by atoms with Crippen LogP contribution in [0.5, 0.6) is 0 Å². The summed E-state index contributed by atoms with van der Waals surface area (Å²) in [4.78, 5) is 0. The van der Waals surface area contributed by atoms with Crippen LogP contribution in [0.4, 0.5) is 22.7 Å². The zero-order valence-electron chi connectivity index (χ0n) is 9.54. The average Bonchev–Trinajstić information content (AvgIpc) is 2.39. The van der Waals surface area contributed by atoms with Crippen LogP contribution in [-0.4, -0.2) is 0 Å². The van der Waals surface area contributed by atoms with E-state index in [9.17, 15) is 0 Å². The standard InChI is InChI=1S/C13H11N5/c14-8-9-7-11(16)3-6-13(9)18-17-12-4-1-10(15)2-5-12/h1-7H,15-16H2/b18-17+. The third kappa shape index (κ3) is 2.62. The molecule has 0 aliphatic rings. The predicted octanol–water partition coefficient (Wildman–Crippen LogP) is 3.14. The molecule has 0 saturated carbocycles. The molecule has 0 amide bonds. The van der Waals surface area contributed by atoms with E-state index in [-0.39, 0.29) is 0 Å². The number of hydrogen-bond acceptors (Lipinski definition) is 5. The van der Waals surface area contributed by atoms with Crippen molar-refractivity contribution in [3.8, 4) is 6.07 Å². The van der Waals surface area contributed by atoms with Gasteiger partial charge in [-0.05, 0) is 42.5 Å². The minimum Gasteiger partial charge on any atom is -0.399 e. The van der Waals surface area contributed by atoms with Crippen molar-refractivity contribution in [1.29, 1.82) is 5.26 Å². The lowest BCUT2D eigenvalue weighted by Gasteiger charge is -1.98. The predicted molar refractivity (Wildman–Crippen MR) is 70.6 cm³/mol. The molecule has 18 heavy (non-hydrogen) atoms. The van der Waals surface area contributed by atoms with E-state index < -0.39 is 0 Å². The van der Waals surface area contributed by atoms with E-state index in [0.717, 1.165) is 0 Å². The number of nitrogens with zero attached hydrogens (tertiary/aromatic N) is 3. The van der Waals surface area contributed by atoms with E-state index in [1.54, 1.807) is 42.5 Å². The molecule has 4 N–H and O–H groups in total. The summed E-state index contributed by atoms with van der Waals surface area (Å²) < 4.78 is 0. The molecule has 0 bridgehead atoms. The molecule has 5 nitrogen and oxygen atoms in total. The lowest BCUT2D eigenvalue weighted by atomic mass is 10.2. The van der Waals surface area contributed by atoms with Crippen LogP contribution in [0.1, 0.15) is 5.56 Å². The summed E-state index contributed by atoms with van der Waals surface area (Å²) in [6.07, 6.45) is 0. The minimum atomic E-state index is 0.397. The van der Waals surface area contributed by atoms with Gasteiger partial charge >= 0.3 is 0 Å². The SMILES string of the molecule is N#Cc1cc(N)ccc1/N=N/c1ccc(N)cc1. The molecular formula is C13H11N5. The third-order valence-corrected chi connectivity index (χ3v) is 2.31. The molecule has 0 saturated heterocycles. The molecule has 0 spiro atoms. The van der Waals surface area contributed by atoms with Crippen LogP contribution in [-0.2, 0) is 0 Å². The van der Waals surface area contributed by atoms with Gasteiger partial charge in [0.2, 0.25) is 0 Å². The van der Waals surface area contributed by atoms with E-state index in [4.69, 9.17) is 16.7 Å². The molecule has 2 aromatic rings. The van der Waals surface area contributed by atoms with Crippen molar-refractivity contribution in [2.24, 2.45) is 10.2 Å². The first-order valence-corrected chi connectivity index (χ1v) is 5.26. The molecule has 0 heterocycles. The Labute approximate surface area is 104 Å². The maximum absolute atomic E-state index is 8.95. The van der Waals surface area contributed by atoms with Gasteiger partial charge in [-0.3, -0.25) is 0 Å². The van der Waals surface area contributed by atoms with Gasteiger partial charge in [0, 0.05) is 11.4 Å². The van der Waals surface area contributed by atoms with E-state index in [2.05, 4.69) is 10.2 Å². The third-order valence-electron chi connectivity index (χ3n) is 2.31. The fourth-order valence-corrected chi connectivity index (χ4v) is 1.38. The van der Waals surface area contributed by atoms with Crippen molar-refractivity contribution in [2.45, 2.75) is 0 Å². The van der Waals surface area contributed by atoms with Gasteiger partial charge in [-0.15, -0.1) is 5.11 Å². The van der Waals surface area contributed by atoms with Crippen molar-refractivity contribution in [3.63, 3.8) is 0 Å². The normalized spacial score (nSPS) is 10.4. The van der Waals surface area contributed by atoms with E-state index >= 15 is 0 Å². The van der Waals surface area contributed by atoms with Crippen molar-refractivity contribution in [1.82, 2.24) is 0 Å². The maximum Gasteiger partial charge on any atom is 0.104 e. The zero-order valence-corrected chi connectivity index (χ0v) is 9.54. The second-order valence-electron chi connectivity index (χ2n) is 3.68. The number of benzene rings is 2. The Balaban J connectivity index is 2.29. The fraction of sp³-hybridized carbons (Fsp3) is 0. The summed E-state index contributed by atoms with van der Waals surface area (Å²) in [5, 5.41) is 17.0. The Kier molecular flexibility index (Phi) is 3.21. The van der Waals surface area contributed by atoms with E-state index in [0.29, 0.717) is 28.3 Å². The zero-order chi connectivity index (χ0) is 13.0. The Morgan fingerprint density at radius 1 is 0.889 bits per heavy atom. The van der Waals surface area contributed by atoms with Gasteiger partial charge in [0.1, 0.15) is 11.8 Å². The first-order chi connectivity index (χ1) is 8.69. The summed E-state index contributed by atoms with van der Waals surface area (Å²) in [6.45, 7) is 0. The first-order valence-electron chi connectivity index (χ1n) is 5.26. The Hall–Kier alpha value is -2.87. The highest BCUT2D eigenvalue weighted by Gasteiger charge is 2.01. The van der Waals surface area contributed by atoms with Crippen LogP contribution in [0, 0.1) is 11.3 Å². The highest BCUT2D eigenvalue weighted by molar-refractivity contribution is 5.60. The molecule has 2 aromatic carbocycles. The molecule has 0 radical (unpaired) electrons. The molecule has 0 aliphatic heterocycles. The van der Waals surface area contributed by atoms with Crippen molar-refractivity contribution >= 4 is 22.7 Å². The lowest BCUT2D eigenvalue weighted by Crippen LogP contribution is -1.85. The second-order valence-corrected chi connectivity index (χ2v) is 3.68. The van der Waals surface area contributed by atoms with Crippen LogP contribution in [0.3, 0.4) is 0 Å². The lowest BCUT2D eigenvalue weighted by molar-refractivity contribution is 1.22. The van der Waals surface area contributed by atoms with Gasteiger partial charge in [0.25, 0.3) is 0 Å². The van der Waals surface area contributed by atoms with Gasteiger partial charge in [-0.25, -0.2) is 0 Å². The largest absolute Gasteiger partial charge is 0.399 e. The van der Waals surface area contributed by atoms with Crippen LogP contribution in [0.2, 0.25) is 0 Å². The molecule has 0 aromatic heterocycles.